The lowest BCUT2D eigenvalue weighted by molar-refractivity contribution is 0.0930. The van der Waals surface area contributed by atoms with Gasteiger partial charge in [0.1, 0.15) is 18.1 Å². The molecular formula is C38H41N3O4. The van der Waals surface area contributed by atoms with Gasteiger partial charge in [0.25, 0.3) is 5.91 Å². The number of fused-ring (bicyclic) bond motifs is 6. The molecule has 45 heavy (non-hydrogen) atoms. The topological polar surface area (TPSA) is 81.9 Å². The molecule has 232 valence electrons. The van der Waals surface area contributed by atoms with Gasteiger partial charge in [0, 0.05) is 52.2 Å². The van der Waals surface area contributed by atoms with Crippen LogP contribution < -0.4 is 14.8 Å². The van der Waals surface area contributed by atoms with Gasteiger partial charge in [-0.1, -0.05) is 44.4 Å². The number of ketones is 1. The molecule has 0 atom stereocenters. The average Bonchev–Trinajstić information content (AvgIpc) is 3.58. The van der Waals surface area contributed by atoms with Gasteiger partial charge in [0.05, 0.1) is 30.6 Å². The second-order valence-corrected chi connectivity index (χ2v) is 13.1. The van der Waals surface area contributed by atoms with Crippen LogP contribution in [-0.4, -0.2) is 41.2 Å². The van der Waals surface area contributed by atoms with Gasteiger partial charge >= 0.3 is 0 Å². The zero-order valence-electron chi connectivity index (χ0n) is 26.7. The smallest absolute Gasteiger partial charge is 0.252 e. The lowest BCUT2D eigenvalue weighted by Crippen LogP contribution is -2.49. The van der Waals surface area contributed by atoms with E-state index in [0.29, 0.717) is 43.0 Å². The second-order valence-electron chi connectivity index (χ2n) is 13.1. The molecule has 0 radical (unpaired) electrons. The first-order valence-corrected chi connectivity index (χ1v) is 16.3. The molecule has 1 saturated carbocycles. The highest BCUT2D eigenvalue weighted by Crippen LogP contribution is 2.47. The number of carbonyl (C=O) groups is 2. The number of hydrogen-bond donors (Lipinski definition) is 1. The number of hydrogen-bond acceptors (Lipinski definition) is 5. The highest BCUT2D eigenvalue weighted by atomic mass is 16.5. The van der Waals surface area contributed by atoms with Crippen LogP contribution in [0.25, 0.3) is 22.2 Å². The van der Waals surface area contributed by atoms with Gasteiger partial charge in [-0.15, -0.1) is 0 Å². The van der Waals surface area contributed by atoms with Crippen molar-refractivity contribution >= 4 is 34.0 Å². The standard InChI is InChI=1S/C38H41N3O4/c1-5-32(42)25-12-11-24-21-34(39-30(24)19-25)38(2,3)40-37(43)26-13-15-28-31(20-26)41-17-18-45-33-22-27(44-4)14-16-29(33)36(41)35(28)23-9-7-6-8-10-23/h11-16,19-20,22-23H,5-10,17-18,21H2,1-4H3,(H,40,43). The highest BCUT2D eigenvalue weighted by Gasteiger charge is 2.33. The zero-order valence-corrected chi connectivity index (χ0v) is 26.7. The van der Waals surface area contributed by atoms with E-state index in [1.54, 1.807) is 7.11 Å². The van der Waals surface area contributed by atoms with Crippen LogP contribution in [-0.2, 0) is 13.0 Å². The molecule has 7 nitrogen and oxygen atoms in total. The Morgan fingerprint density at radius 3 is 2.60 bits per heavy atom. The summed E-state index contributed by atoms with van der Waals surface area (Å²) in [5, 5.41) is 4.50. The van der Waals surface area contributed by atoms with Crippen molar-refractivity contribution in [3.8, 4) is 22.8 Å². The van der Waals surface area contributed by atoms with Crippen molar-refractivity contribution in [3.05, 3.63) is 76.9 Å². The number of nitrogens with one attached hydrogen (secondary N) is 1. The molecule has 2 aliphatic heterocycles. The Balaban J connectivity index is 1.24. The fourth-order valence-electron chi connectivity index (χ4n) is 7.39. The van der Waals surface area contributed by atoms with E-state index in [0.717, 1.165) is 39.5 Å². The van der Waals surface area contributed by atoms with Crippen molar-refractivity contribution < 1.29 is 19.1 Å². The van der Waals surface area contributed by atoms with Gasteiger partial charge in [0.2, 0.25) is 0 Å². The minimum absolute atomic E-state index is 0.106. The van der Waals surface area contributed by atoms with E-state index in [2.05, 4.69) is 28.1 Å². The Bertz CT molecular complexity index is 1860. The highest BCUT2D eigenvalue weighted by molar-refractivity contribution is 6.07. The predicted octanol–water partition coefficient (Wildman–Crippen LogP) is 8.19. The van der Waals surface area contributed by atoms with E-state index in [1.807, 2.05) is 57.2 Å². The number of benzene rings is 3. The summed E-state index contributed by atoms with van der Waals surface area (Å²) in [4.78, 5) is 31.0. The quantitative estimate of drug-likeness (QED) is 0.216. The van der Waals surface area contributed by atoms with Crippen LogP contribution in [0.15, 0.2) is 59.6 Å². The maximum atomic E-state index is 13.9. The second kappa shape index (κ2) is 11.5. The third-order valence-electron chi connectivity index (χ3n) is 9.88. The van der Waals surface area contributed by atoms with Gasteiger partial charge in [-0.05, 0) is 74.1 Å². The van der Waals surface area contributed by atoms with E-state index in [4.69, 9.17) is 14.5 Å². The van der Waals surface area contributed by atoms with E-state index in [9.17, 15) is 9.59 Å². The molecule has 7 heteroatoms. The Kier molecular flexibility index (Phi) is 7.50. The molecule has 3 heterocycles. The molecule has 0 saturated heterocycles. The van der Waals surface area contributed by atoms with Crippen LogP contribution in [0.2, 0.25) is 0 Å². The van der Waals surface area contributed by atoms with Crippen molar-refractivity contribution in [3.63, 3.8) is 0 Å². The minimum atomic E-state index is -0.671. The maximum Gasteiger partial charge on any atom is 0.252 e. The fraction of sp³-hybridized carbons (Fsp3) is 0.395. The lowest BCUT2D eigenvalue weighted by atomic mass is 9.81. The van der Waals surface area contributed by atoms with Gasteiger partial charge in [-0.3, -0.25) is 14.6 Å². The summed E-state index contributed by atoms with van der Waals surface area (Å²) in [7, 11) is 1.68. The van der Waals surface area contributed by atoms with Crippen LogP contribution in [0, 0.1) is 0 Å². The van der Waals surface area contributed by atoms with E-state index in [1.165, 1.54) is 48.7 Å². The SMILES string of the molecule is CCC(=O)c1ccc2c(c1)N=C(C(C)(C)NC(=O)c1ccc3c(C4CCCCC4)c4n(c3c1)CCOc1cc(OC)ccc1-4)C2. The Hall–Kier alpha value is -4.39. The number of amides is 1. The summed E-state index contributed by atoms with van der Waals surface area (Å²) in [5.41, 5.74) is 8.16. The minimum Gasteiger partial charge on any atom is -0.497 e. The number of rotatable bonds is 7. The van der Waals surface area contributed by atoms with Crippen molar-refractivity contribution in [1.29, 1.82) is 0 Å². The molecule has 0 bridgehead atoms. The summed E-state index contributed by atoms with van der Waals surface area (Å²) in [5.74, 6) is 2.07. The lowest BCUT2D eigenvalue weighted by Gasteiger charge is -2.26. The Labute approximate surface area is 264 Å². The van der Waals surface area contributed by atoms with Crippen LogP contribution in [0.4, 0.5) is 5.69 Å². The molecule has 3 aliphatic rings. The Morgan fingerprint density at radius 1 is 1.02 bits per heavy atom. The van der Waals surface area contributed by atoms with Crippen LogP contribution in [0.5, 0.6) is 11.5 Å². The first-order valence-electron chi connectivity index (χ1n) is 16.3. The molecule has 1 aromatic heterocycles. The zero-order chi connectivity index (χ0) is 31.3. The maximum absolute atomic E-state index is 13.9. The van der Waals surface area contributed by atoms with Crippen LogP contribution in [0.1, 0.15) is 97.1 Å². The molecular weight excluding hydrogens is 562 g/mol. The largest absolute Gasteiger partial charge is 0.497 e. The summed E-state index contributed by atoms with van der Waals surface area (Å²) < 4.78 is 14.2. The first kappa shape index (κ1) is 29.3. The monoisotopic (exact) mass is 603 g/mol. The molecule has 3 aromatic carbocycles. The summed E-state index contributed by atoms with van der Waals surface area (Å²) >= 11 is 0. The van der Waals surface area contributed by atoms with Crippen LogP contribution >= 0.6 is 0 Å². The third kappa shape index (κ3) is 5.22. The van der Waals surface area contributed by atoms with Crippen molar-refractivity contribution in [2.75, 3.05) is 13.7 Å². The van der Waals surface area contributed by atoms with E-state index >= 15 is 0 Å². The number of nitrogens with zero attached hydrogens (tertiary/aromatic N) is 2. The summed E-state index contributed by atoms with van der Waals surface area (Å²) in [6.07, 6.45) is 7.22. The van der Waals surface area contributed by atoms with Gasteiger partial charge < -0.3 is 19.4 Å². The number of ether oxygens (including phenoxy) is 2. The van der Waals surface area contributed by atoms with Crippen molar-refractivity contribution in [2.45, 2.75) is 83.7 Å². The third-order valence-corrected chi connectivity index (χ3v) is 9.88. The van der Waals surface area contributed by atoms with E-state index in [-0.39, 0.29) is 11.7 Å². The molecule has 1 amide bonds. The number of aromatic nitrogens is 1. The molecule has 1 fully saturated rings. The number of Topliss-reactive ketones (excluding diaryl/α,β-unsaturated/α-hetero) is 1. The van der Waals surface area contributed by atoms with Gasteiger partial charge in [-0.25, -0.2) is 0 Å². The van der Waals surface area contributed by atoms with Crippen LogP contribution in [0.3, 0.4) is 0 Å². The van der Waals surface area contributed by atoms with Gasteiger partial charge in [-0.2, -0.15) is 0 Å². The van der Waals surface area contributed by atoms with Crippen molar-refractivity contribution in [1.82, 2.24) is 9.88 Å². The Morgan fingerprint density at radius 2 is 1.82 bits per heavy atom. The van der Waals surface area contributed by atoms with Gasteiger partial charge in [0.15, 0.2) is 5.78 Å². The molecule has 4 aromatic rings. The number of aliphatic imine (C=N–C) groups is 1. The summed E-state index contributed by atoms with van der Waals surface area (Å²) in [6, 6.07) is 18.0. The average molecular weight is 604 g/mol. The molecule has 0 spiro atoms. The molecule has 0 unspecified atom stereocenters. The molecule has 1 aliphatic carbocycles. The fourth-order valence-corrected chi connectivity index (χ4v) is 7.39. The number of methoxy groups -OCH3 is 1. The molecule has 1 N–H and O–H groups in total. The number of carbonyl (C=O) groups excluding carboxylic acids is 2. The van der Waals surface area contributed by atoms with E-state index < -0.39 is 5.54 Å². The first-order chi connectivity index (χ1) is 21.8. The summed E-state index contributed by atoms with van der Waals surface area (Å²) in [6.45, 7) is 7.10. The predicted molar refractivity (Wildman–Crippen MR) is 179 cm³/mol. The van der Waals surface area contributed by atoms with Crippen molar-refractivity contribution in [2.24, 2.45) is 4.99 Å². The normalized spacial score (nSPS) is 16.2. The molecule has 7 rings (SSSR count).